The summed E-state index contributed by atoms with van der Waals surface area (Å²) < 4.78 is 5.10. The molecule has 1 aliphatic heterocycles. The van der Waals surface area contributed by atoms with Crippen molar-refractivity contribution < 1.29 is 9.84 Å². The highest BCUT2D eigenvalue weighted by Crippen LogP contribution is 2.24. The average Bonchev–Trinajstić information content (AvgIpc) is 2.73. The lowest BCUT2D eigenvalue weighted by Gasteiger charge is -2.08. The van der Waals surface area contributed by atoms with Crippen molar-refractivity contribution in [3.05, 3.63) is 0 Å². The van der Waals surface area contributed by atoms with Crippen molar-refractivity contribution in [2.24, 2.45) is 5.92 Å². The summed E-state index contributed by atoms with van der Waals surface area (Å²) >= 11 is 0. The molecule has 1 aliphatic rings. The molecule has 2 nitrogen and oxygen atoms in total. The van der Waals surface area contributed by atoms with E-state index in [2.05, 4.69) is 6.92 Å². The summed E-state index contributed by atoms with van der Waals surface area (Å²) in [5.74, 6) is 0.417. The van der Waals surface area contributed by atoms with E-state index in [1.807, 2.05) is 0 Å². The van der Waals surface area contributed by atoms with Gasteiger partial charge in [0, 0.05) is 12.5 Å². The maximum absolute atomic E-state index is 8.88. The highest BCUT2D eigenvalue weighted by molar-refractivity contribution is 4.78. The summed E-state index contributed by atoms with van der Waals surface area (Å²) in [6.45, 7) is 3.34. The van der Waals surface area contributed by atoms with Gasteiger partial charge >= 0.3 is 0 Å². The summed E-state index contributed by atoms with van der Waals surface area (Å²) in [4.78, 5) is 0. The molecule has 0 spiro atoms. The number of unbranched alkanes of at least 4 members (excludes halogenated alkanes) is 1. The second-order valence-corrected chi connectivity index (χ2v) is 2.96. The van der Waals surface area contributed by atoms with Gasteiger partial charge in [-0.3, -0.25) is 0 Å². The first-order valence-corrected chi connectivity index (χ1v) is 4.11. The van der Waals surface area contributed by atoms with Gasteiger partial charge in [0.05, 0.1) is 12.7 Å². The third-order valence-corrected chi connectivity index (χ3v) is 2.05. The van der Waals surface area contributed by atoms with Crippen molar-refractivity contribution in [2.45, 2.75) is 32.3 Å². The van der Waals surface area contributed by atoms with Crippen LogP contribution in [0.3, 0.4) is 0 Å². The standard InChI is InChI=1S/C8H16O2/c1-2-3-4-7(5-9)8-6-10-8/h7-9H,2-6H2,1H3. The van der Waals surface area contributed by atoms with Crippen LogP contribution in [0.25, 0.3) is 0 Å². The molecule has 0 amide bonds. The van der Waals surface area contributed by atoms with Gasteiger partial charge < -0.3 is 9.84 Å². The molecule has 0 saturated carbocycles. The lowest BCUT2D eigenvalue weighted by molar-refractivity contribution is 0.183. The quantitative estimate of drug-likeness (QED) is 0.588. The maximum atomic E-state index is 8.88. The lowest BCUT2D eigenvalue weighted by Crippen LogP contribution is -2.12. The normalized spacial score (nSPS) is 26.4. The van der Waals surface area contributed by atoms with E-state index in [1.54, 1.807) is 0 Å². The molecule has 1 rings (SSSR count). The lowest BCUT2D eigenvalue weighted by atomic mass is 10.0. The maximum Gasteiger partial charge on any atom is 0.0859 e. The van der Waals surface area contributed by atoms with Crippen LogP contribution in [-0.4, -0.2) is 24.4 Å². The van der Waals surface area contributed by atoms with Gasteiger partial charge in [-0.15, -0.1) is 0 Å². The van der Waals surface area contributed by atoms with Crippen LogP contribution in [0.4, 0.5) is 0 Å². The van der Waals surface area contributed by atoms with Gasteiger partial charge in [0.15, 0.2) is 0 Å². The third-order valence-electron chi connectivity index (χ3n) is 2.05. The Labute approximate surface area is 62.2 Å². The van der Waals surface area contributed by atoms with E-state index in [4.69, 9.17) is 9.84 Å². The Hall–Kier alpha value is -0.0800. The first-order valence-electron chi connectivity index (χ1n) is 4.11. The molecule has 0 radical (unpaired) electrons. The summed E-state index contributed by atoms with van der Waals surface area (Å²) in [6, 6.07) is 0. The van der Waals surface area contributed by atoms with Gasteiger partial charge in [-0.25, -0.2) is 0 Å². The number of aliphatic hydroxyl groups is 1. The van der Waals surface area contributed by atoms with E-state index < -0.39 is 0 Å². The molecule has 0 aromatic carbocycles. The molecular formula is C8H16O2. The Bertz CT molecular complexity index is 89.3. The third kappa shape index (κ3) is 2.27. The zero-order chi connectivity index (χ0) is 7.40. The van der Waals surface area contributed by atoms with E-state index in [0.717, 1.165) is 13.0 Å². The van der Waals surface area contributed by atoms with Crippen LogP contribution in [0.1, 0.15) is 26.2 Å². The van der Waals surface area contributed by atoms with Crippen molar-refractivity contribution in [2.75, 3.05) is 13.2 Å². The summed E-state index contributed by atoms with van der Waals surface area (Å²) in [6.07, 6.45) is 3.93. The Morgan fingerprint density at radius 2 is 2.40 bits per heavy atom. The van der Waals surface area contributed by atoms with Gasteiger partial charge in [0.2, 0.25) is 0 Å². The van der Waals surface area contributed by atoms with Gasteiger partial charge in [-0.2, -0.15) is 0 Å². The number of epoxide rings is 1. The van der Waals surface area contributed by atoms with Crippen molar-refractivity contribution in [3.63, 3.8) is 0 Å². The molecule has 0 aromatic heterocycles. The minimum atomic E-state index is 0.296. The fourth-order valence-electron chi connectivity index (χ4n) is 1.19. The van der Waals surface area contributed by atoms with Crippen LogP contribution in [0.5, 0.6) is 0 Å². The molecule has 0 aromatic rings. The van der Waals surface area contributed by atoms with Crippen LogP contribution in [0.15, 0.2) is 0 Å². The molecule has 0 bridgehead atoms. The van der Waals surface area contributed by atoms with E-state index in [0.29, 0.717) is 18.6 Å². The largest absolute Gasteiger partial charge is 0.396 e. The molecule has 10 heavy (non-hydrogen) atoms. The molecule has 2 atom stereocenters. The summed E-state index contributed by atoms with van der Waals surface area (Å²) in [5.41, 5.74) is 0. The van der Waals surface area contributed by atoms with Crippen LogP contribution in [-0.2, 0) is 4.74 Å². The van der Waals surface area contributed by atoms with E-state index in [1.165, 1.54) is 12.8 Å². The molecule has 1 fully saturated rings. The minimum absolute atomic E-state index is 0.296. The SMILES string of the molecule is CCCCC(CO)C1CO1. The molecule has 1 saturated heterocycles. The number of aliphatic hydroxyl groups excluding tert-OH is 1. The van der Waals surface area contributed by atoms with Crippen LogP contribution >= 0.6 is 0 Å². The van der Waals surface area contributed by atoms with Gasteiger partial charge in [0.25, 0.3) is 0 Å². The first kappa shape index (κ1) is 8.02. The molecule has 0 aliphatic carbocycles. The van der Waals surface area contributed by atoms with E-state index in [9.17, 15) is 0 Å². The highest BCUT2D eigenvalue weighted by Gasteiger charge is 2.31. The number of rotatable bonds is 5. The number of hydrogen-bond acceptors (Lipinski definition) is 2. The highest BCUT2D eigenvalue weighted by atomic mass is 16.6. The van der Waals surface area contributed by atoms with E-state index in [-0.39, 0.29) is 0 Å². The minimum Gasteiger partial charge on any atom is -0.396 e. The molecule has 2 heteroatoms. The van der Waals surface area contributed by atoms with Gasteiger partial charge in [-0.05, 0) is 6.42 Å². The Balaban J connectivity index is 2.07. The topological polar surface area (TPSA) is 32.8 Å². The molecule has 1 heterocycles. The fourth-order valence-corrected chi connectivity index (χ4v) is 1.19. The Kier molecular flexibility index (Phi) is 3.16. The van der Waals surface area contributed by atoms with Crippen LogP contribution in [0.2, 0.25) is 0 Å². The van der Waals surface area contributed by atoms with Gasteiger partial charge in [0.1, 0.15) is 0 Å². The molecular weight excluding hydrogens is 128 g/mol. The van der Waals surface area contributed by atoms with E-state index >= 15 is 0 Å². The van der Waals surface area contributed by atoms with Crippen LogP contribution in [0, 0.1) is 5.92 Å². The Morgan fingerprint density at radius 3 is 2.80 bits per heavy atom. The zero-order valence-electron chi connectivity index (χ0n) is 6.55. The smallest absolute Gasteiger partial charge is 0.0859 e. The molecule has 60 valence electrons. The van der Waals surface area contributed by atoms with Crippen LogP contribution < -0.4 is 0 Å². The van der Waals surface area contributed by atoms with Crippen molar-refractivity contribution in [1.82, 2.24) is 0 Å². The summed E-state index contributed by atoms with van der Waals surface area (Å²) in [7, 11) is 0. The summed E-state index contributed by atoms with van der Waals surface area (Å²) in [5, 5.41) is 8.88. The predicted molar refractivity (Wildman–Crippen MR) is 39.8 cm³/mol. The second kappa shape index (κ2) is 3.94. The first-order chi connectivity index (χ1) is 4.88. The average molecular weight is 144 g/mol. The number of hydrogen-bond donors (Lipinski definition) is 1. The molecule has 2 unspecified atom stereocenters. The second-order valence-electron chi connectivity index (χ2n) is 2.96. The fraction of sp³-hybridized carbons (Fsp3) is 1.00. The Morgan fingerprint density at radius 1 is 1.70 bits per heavy atom. The predicted octanol–water partition coefficient (Wildman–Crippen LogP) is 1.18. The monoisotopic (exact) mass is 144 g/mol. The zero-order valence-corrected chi connectivity index (χ0v) is 6.55. The molecule has 1 N–H and O–H groups in total. The number of ether oxygens (including phenoxy) is 1. The van der Waals surface area contributed by atoms with Gasteiger partial charge in [-0.1, -0.05) is 19.8 Å². The van der Waals surface area contributed by atoms with Crippen molar-refractivity contribution in [3.8, 4) is 0 Å². The van der Waals surface area contributed by atoms with Crippen molar-refractivity contribution in [1.29, 1.82) is 0 Å². The van der Waals surface area contributed by atoms with Crippen molar-refractivity contribution >= 4 is 0 Å².